The number of halogens is 1. The van der Waals surface area contributed by atoms with Crippen molar-refractivity contribution < 1.29 is 4.79 Å². The number of nitrogens with two attached hydrogens (primary N) is 2. The van der Waals surface area contributed by atoms with Crippen LogP contribution in [0.3, 0.4) is 0 Å². The van der Waals surface area contributed by atoms with Crippen molar-refractivity contribution in [2.24, 2.45) is 0 Å². The third kappa shape index (κ3) is 4.43. The van der Waals surface area contributed by atoms with Crippen molar-refractivity contribution in [3.63, 3.8) is 0 Å². The van der Waals surface area contributed by atoms with E-state index in [9.17, 15) is 4.79 Å². The number of carbonyl (C=O) groups excluding carboxylic acids is 1. The molecule has 2 heterocycles. The van der Waals surface area contributed by atoms with Gasteiger partial charge in [-0.25, -0.2) is 9.97 Å². The Labute approximate surface area is 166 Å². The van der Waals surface area contributed by atoms with Crippen molar-refractivity contribution in [1.82, 2.24) is 14.5 Å². The first kappa shape index (κ1) is 19.3. The normalized spacial score (nSPS) is 10.9. The third-order valence-corrected chi connectivity index (χ3v) is 5.45. The molecule has 0 aliphatic heterocycles. The van der Waals surface area contributed by atoms with Gasteiger partial charge in [0.15, 0.2) is 10.9 Å². The fraction of sp³-hybridized carbons (Fsp3) is 0.211. The van der Waals surface area contributed by atoms with E-state index in [1.807, 2.05) is 44.2 Å². The average molecular weight is 402 g/mol. The van der Waals surface area contributed by atoms with Crippen LogP contribution in [-0.2, 0) is 6.54 Å². The zero-order valence-corrected chi connectivity index (χ0v) is 16.6. The molecule has 0 amide bonds. The maximum Gasteiger partial charge on any atom is 0.191 e. The van der Waals surface area contributed by atoms with Crippen LogP contribution in [0.2, 0.25) is 5.02 Å². The number of Topliss-reactive ketones (excluding diaryl/α,β-unsaturated/α-hetero) is 1. The zero-order chi connectivity index (χ0) is 19.6. The van der Waals surface area contributed by atoms with Crippen LogP contribution in [0.4, 0.5) is 11.6 Å². The van der Waals surface area contributed by atoms with Gasteiger partial charge in [0.25, 0.3) is 0 Å². The predicted octanol–water partition coefficient (Wildman–Crippen LogP) is 3.74. The SMILES string of the molecule is Cc1cc(C(=O)CSc2nc(N)cc(N)n2)c(C)n1Cc1ccccc1Cl. The Morgan fingerprint density at radius 2 is 1.81 bits per heavy atom. The monoisotopic (exact) mass is 401 g/mol. The van der Waals surface area contributed by atoms with Crippen molar-refractivity contribution in [2.45, 2.75) is 25.5 Å². The number of benzene rings is 1. The molecule has 0 bridgehead atoms. The number of rotatable bonds is 6. The fourth-order valence-electron chi connectivity index (χ4n) is 2.86. The topological polar surface area (TPSA) is 99.8 Å². The van der Waals surface area contributed by atoms with Gasteiger partial charge in [-0.3, -0.25) is 4.79 Å². The quantitative estimate of drug-likeness (QED) is 0.371. The van der Waals surface area contributed by atoms with Crippen LogP contribution in [0, 0.1) is 13.8 Å². The highest BCUT2D eigenvalue weighted by molar-refractivity contribution is 7.99. The molecule has 0 aliphatic carbocycles. The van der Waals surface area contributed by atoms with Crippen molar-refractivity contribution >= 4 is 40.8 Å². The molecule has 0 unspecified atom stereocenters. The summed E-state index contributed by atoms with van der Waals surface area (Å²) >= 11 is 7.49. The molecule has 0 radical (unpaired) electrons. The minimum absolute atomic E-state index is 0.00287. The van der Waals surface area contributed by atoms with Gasteiger partial charge < -0.3 is 16.0 Å². The molecular formula is C19H20ClN5OS. The largest absolute Gasteiger partial charge is 0.383 e. The van der Waals surface area contributed by atoms with E-state index in [-0.39, 0.29) is 23.2 Å². The second-order valence-electron chi connectivity index (χ2n) is 6.17. The Morgan fingerprint density at radius 1 is 1.15 bits per heavy atom. The van der Waals surface area contributed by atoms with Crippen molar-refractivity contribution in [1.29, 1.82) is 0 Å². The van der Waals surface area contributed by atoms with Crippen LogP contribution < -0.4 is 11.5 Å². The van der Waals surface area contributed by atoms with Crippen molar-refractivity contribution in [3.05, 3.63) is 63.9 Å². The Hall–Kier alpha value is -2.51. The molecule has 1 aromatic carbocycles. The molecule has 3 rings (SSSR count). The van der Waals surface area contributed by atoms with Crippen LogP contribution in [0.25, 0.3) is 0 Å². The summed E-state index contributed by atoms with van der Waals surface area (Å²) in [6.45, 7) is 4.54. The van der Waals surface area contributed by atoms with Crippen LogP contribution in [-0.4, -0.2) is 26.1 Å². The zero-order valence-electron chi connectivity index (χ0n) is 15.1. The molecule has 0 aliphatic rings. The molecule has 8 heteroatoms. The lowest BCUT2D eigenvalue weighted by Gasteiger charge is -2.11. The van der Waals surface area contributed by atoms with E-state index in [1.54, 1.807) is 0 Å². The predicted molar refractivity (Wildman–Crippen MR) is 110 cm³/mol. The number of hydrogen-bond acceptors (Lipinski definition) is 6. The highest BCUT2D eigenvalue weighted by Crippen LogP contribution is 2.24. The summed E-state index contributed by atoms with van der Waals surface area (Å²) in [7, 11) is 0. The molecule has 3 aromatic rings. The molecule has 0 saturated heterocycles. The van der Waals surface area contributed by atoms with Gasteiger partial charge in [-0.1, -0.05) is 41.6 Å². The number of ketones is 1. The highest BCUT2D eigenvalue weighted by atomic mass is 35.5. The molecule has 4 N–H and O–H groups in total. The van der Waals surface area contributed by atoms with Gasteiger partial charge in [0.1, 0.15) is 11.6 Å². The Balaban J connectivity index is 1.77. The number of carbonyl (C=O) groups is 1. The fourth-order valence-corrected chi connectivity index (χ4v) is 3.81. The van der Waals surface area contributed by atoms with E-state index in [2.05, 4.69) is 14.5 Å². The van der Waals surface area contributed by atoms with E-state index in [0.29, 0.717) is 22.3 Å². The first-order chi connectivity index (χ1) is 12.8. The number of aromatic nitrogens is 3. The van der Waals surface area contributed by atoms with Gasteiger partial charge in [-0.05, 0) is 31.5 Å². The Morgan fingerprint density at radius 3 is 2.48 bits per heavy atom. The van der Waals surface area contributed by atoms with E-state index < -0.39 is 0 Å². The minimum Gasteiger partial charge on any atom is -0.383 e. The molecule has 0 atom stereocenters. The van der Waals surface area contributed by atoms with Crippen LogP contribution >= 0.6 is 23.4 Å². The molecule has 140 valence electrons. The maximum absolute atomic E-state index is 12.7. The molecular weight excluding hydrogens is 382 g/mol. The van der Waals surface area contributed by atoms with Gasteiger partial charge in [0.2, 0.25) is 0 Å². The maximum atomic E-state index is 12.7. The first-order valence-electron chi connectivity index (χ1n) is 8.31. The molecule has 27 heavy (non-hydrogen) atoms. The molecule has 6 nitrogen and oxygen atoms in total. The minimum atomic E-state index is 0.00287. The molecule has 2 aromatic heterocycles. The van der Waals surface area contributed by atoms with Crippen LogP contribution in [0.1, 0.15) is 27.3 Å². The molecule has 0 spiro atoms. The van der Waals surface area contributed by atoms with Gasteiger partial charge >= 0.3 is 0 Å². The summed E-state index contributed by atoms with van der Waals surface area (Å²) in [5.74, 6) is 0.785. The Kier molecular flexibility index (Phi) is 5.72. The number of thioether (sulfide) groups is 1. The highest BCUT2D eigenvalue weighted by Gasteiger charge is 2.17. The Bertz CT molecular complexity index is 982. The second-order valence-corrected chi connectivity index (χ2v) is 7.52. The summed E-state index contributed by atoms with van der Waals surface area (Å²) in [6.07, 6.45) is 0. The van der Waals surface area contributed by atoms with E-state index in [1.165, 1.54) is 17.8 Å². The van der Waals surface area contributed by atoms with Gasteiger partial charge in [0, 0.05) is 34.6 Å². The smallest absolute Gasteiger partial charge is 0.191 e. The van der Waals surface area contributed by atoms with E-state index in [4.69, 9.17) is 23.1 Å². The number of aryl methyl sites for hydroxylation is 1. The number of anilines is 2. The first-order valence-corrected chi connectivity index (χ1v) is 9.67. The summed E-state index contributed by atoms with van der Waals surface area (Å²) in [4.78, 5) is 20.9. The lowest BCUT2D eigenvalue weighted by atomic mass is 10.2. The summed E-state index contributed by atoms with van der Waals surface area (Å²) in [6, 6.07) is 11.1. The second kappa shape index (κ2) is 8.02. The summed E-state index contributed by atoms with van der Waals surface area (Å²) in [5.41, 5.74) is 14.9. The van der Waals surface area contributed by atoms with Crippen molar-refractivity contribution in [3.8, 4) is 0 Å². The lowest BCUT2D eigenvalue weighted by molar-refractivity contribution is 0.102. The summed E-state index contributed by atoms with van der Waals surface area (Å²) < 4.78 is 2.09. The van der Waals surface area contributed by atoms with Gasteiger partial charge in [0.05, 0.1) is 5.75 Å². The summed E-state index contributed by atoms with van der Waals surface area (Å²) in [5, 5.41) is 1.11. The van der Waals surface area contributed by atoms with Gasteiger partial charge in [-0.15, -0.1) is 0 Å². The third-order valence-electron chi connectivity index (χ3n) is 4.24. The number of nitrogens with zero attached hydrogens (tertiary/aromatic N) is 3. The average Bonchev–Trinajstić information content (AvgIpc) is 2.89. The standard InChI is InChI=1S/C19H20ClN5OS/c1-11-7-14(12(2)25(11)9-13-5-3-4-6-15(13)20)16(26)10-27-19-23-17(21)8-18(22)24-19/h3-8H,9-10H2,1-2H3,(H4,21,22,23,24). The van der Waals surface area contributed by atoms with E-state index >= 15 is 0 Å². The molecule has 0 saturated carbocycles. The number of hydrogen-bond donors (Lipinski definition) is 2. The van der Waals surface area contributed by atoms with Gasteiger partial charge in [-0.2, -0.15) is 0 Å². The lowest BCUT2D eigenvalue weighted by Crippen LogP contribution is -2.08. The van der Waals surface area contributed by atoms with Crippen LogP contribution in [0.15, 0.2) is 41.6 Å². The molecule has 0 fully saturated rings. The van der Waals surface area contributed by atoms with Crippen molar-refractivity contribution in [2.75, 3.05) is 17.2 Å². The van der Waals surface area contributed by atoms with Crippen LogP contribution in [0.5, 0.6) is 0 Å². The van der Waals surface area contributed by atoms with E-state index in [0.717, 1.165) is 17.0 Å². The number of nitrogen functional groups attached to an aromatic ring is 2.